The lowest BCUT2D eigenvalue weighted by molar-refractivity contribution is -0.0660. The van der Waals surface area contributed by atoms with Crippen LogP contribution in [0.4, 0.5) is 21.7 Å². The van der Waals surface area contributed by atoms with Crippen molar-refractivity contribution < 1.29 is 18.4 Å². The number of aromatic nitrogens is 5. The lowest BCUT2D eigenvalue weighted by atomic mass is 9.89. The summed E-state index contributed by atoms with van der Waals surface area (Å²) in [6.45, 7) is 7.70. The fourth-order valence-electron chi connectivity index (χ4n) is 6.55. The summed E-state index contributed by atoms with van der Waals surface area (Å²) in [4.78, 5) is 36.4. The van der Waals surface area contributed by atoms with Crippen LogP contribution in [-0.2, 0) is 11.2 Å². The van der Waals surface area contributed by atoms with Crippen LogP contribution < -0.4 is 10.2 Å². The molecular formula is C34H37FN10O3. The Kier molecular flexibility index (Phi) is 9.22. The third-order valence-electron chi connectivity index (χ3n) is 9.39. The predicted octanol–water partition coefficient (Wildman–Crippen LogP) is 3.80. The number of nitrogens with one attached hydrogen (secondary N) is 1. The fourth-order valence-corrected chi connectivity index (χ4v) is 6.55. The van der Waals surface area contributed by atoms with E-state index in [9.17, 15) is 10.1 Å². The van der Waals surface area contributed by atoms with Crippen LogP contribution in [0.3, 0.4) is 0 Å². The number of hydrogen-bond donors (Lipinski definition) is 1. The third kappa shape index (κ3) is 6.97. The van der Waals surface area contributed by atoms with Crippen LogP contribution in [0.25, 0.3) is 11.4 Å². The molecule has 248 valence electrons. The number of hydrogen-bond acceptors (Lipinski definition) is 12. The monoisotopic (exact) mass is 652 g/mol. The first-order valence-corrected chi connectivity index (χ1v) is 16.3. The number of carbonyl (C=O) groups excluding carboxylic acids is 1. The predicted molar refractivity (Wildman–Crippen MR) is 174 cm³/mol. The topological polar surface area (TPSA) is 149 Å². The highest BCUT2D eigenvalue weighted by molar-refractivity contribution is 5.89. The Labute approximate surface area is 277 Å². The zero-order chi connectivity index (χ0) is 33.0. The second-order valence-electron chi connectivity index (χ2n) is 12.5. The van der Waals surface area contributed by atoms with Crippen molar-refractivity contribution >= 4 is 23.2 Å². The number of aryl methyl sites for hydroxylation is 1. The molecule has 2 atom stereocenters. The highest BCUT2D eigenvalue weighted by atomic mass is 19.1. The summed E-state index contributed by atoms with van der Waals surface area (Å²) in [5, 5.41) is 16.9. The summed E-state index contributed by atoms with van der Waals surface area (Å²) >= 11 is 0. The normalized spacial score (nSPS) is 20.5. The number of nitrogens with zero attached hydrogens (tertiary/aromatic N) is 9. The molecule has 3 aliphatic heterocycles. The molecule has 0 unspecified atom stereocenters. The maximum atomic E-state index is 15.5. The number of piperazine rings is 1. The third-order valence-corrected chi connectivity index (χ3v) is 9.39. The first-order chi connectivity index (χ1) is 23.4. The van der Waals surface area contributed by atoms with Gasteiger partial charge in [0.05, 0.1) is 37.4 Å². The van der Waals surface area contributed by atoms with Crippen molar-refractivity contribution in [3.8, 4) is 17.5 Å². The van der Waals surface area contributed by atoms with Crippen LogP contribution in [0.1, 0.15) is 40.5 Å². The molecule has 0 radical (unpaired) electrons. The molecule has 0 aliphatic carbocycles. The quantitative estimate of drug-likeness (QED) is 0.295. The molecule has 0 spiro atoms. The van der Waals surface area contributed by atoms with Gasteiger partial charge in [-0.2, -0.15) is 15.2 Å². The van der Waals surface area contributed by atoms with E-state index in [1.807, 2.05) is 24.3 Å². The molecule has 4 aromatic rings. The van der Waals surface area contributed by atoms with Crippen molar-refractivity contribution in [2.75, 3.05) is 62.7 Å². The van der Waals surface area contributed by atoms with Crippen LogP contribution in [0, 0.1) is 24.2 Å². The van der Waals surface area contributed by atoms with Gasteiger partial charge in [0, 0.05) is 49.7 Å². The summed E-state index contributed by atoms with van der Waals surface area (Å²) in [5.41, 5.74) is 3.87. The molecule has 3 saturated heterocycles. The largest absolute Gasteiger partial charge is 0.378 e. The Bertz CT molecular complexity index is 1780. The minimum Gasteiger partial charge on any atom is -0.378 e. The van der Waals surface area contributed by atoms with Gasteiger partial charge in [0.1, 0.15) is 12.5 Å². The van der Waals surface area contributed by atoms with Crippen LogP contribution in [-0.4, -0.2) is 105 Å². The van der Waals surface area contributed by atoms with E-state index in [1.54, 1.807) is 13.0 Å². The smallest absolute Gasteiger partial charge is 0.316 e. The highest BCUT2D eigenvalue weighted by Crippen LogP contribution is 2.29. The molecule has 2 aromatic heterocycles. The van der Waals surface area contributed by atoms with Gasteiger partial charge in [0.25, 0.3) is 0 Å². The van der Waals surface area contributed by atoms with Gasteiger partial charge < -0.3 is 24.4 Å². The van der Waals surface area contributed by atoms with Crippen LogP contribution in [0.2, 0.25) is 0 Å². The van der Waals surface area contributed by atoms with E-state index in [0.29, 0.717) is 60.6 Å². The van der Waals surface area contributed by atoms with Crippen molar-refractivity contribution in [2.45, 2.75) is 38.4 Å². The second kappa shape index (κ2) is 14.0. The summed E-state index contributed by atoms with van der Waals surface area (Å²) in [5.74, 6) is 0.219. The fraction of sp³-hybridized carbons (Fsp3) is 0.441. The molecule has 0 saturated carbocycles. The molecule has 3 fully saturated rings. The van der Waals surface area contributed by atoms with E-state index in [-0.39, 0.29) is 18.4 Å². The Morgan fingerprint density at radius 2 is 1.88 bits per heavy atom. The lowest BCUT2D eigenvalue weighted by Crippen LogP contribution is -2.56. The zero-order valence-electron chi connectivity index (χ0n) is 26.8. The number of alkyl halides is 1. The molecule has 1 N–H and O–H groups in total. The van der Waals surface area contributed by atoms with E-state index in [4.69, 9.17) is 9.26 Å². The number of rotatable bonds is 8. The molecule has 5 heterocycles. The molecule has 0 bridgehead atoms. The maximum Gasteiger partial charge on any atom is 0.316 e. The SMILES string of the molecule is Cc1noc(C(=O)N2CCC[C@H](Cc3ccc(-c4ncnc(Nc5ccc(N6CCN(C7COC7)CC6)cc5)n4)cc3C#N)[C@H](F)C2)n1. The number of likely N-dealkylation sites (tertiary alicyclic amines) is 1. The Hall–Kier alpha value is -5.00. The van der Waals surface area contributed by atoms with Crippen molar-refractivity contribution in [2.24, 2.45) is 5.92 Å². The van der Waals surface area contributed by atoms with Gasteiger partial charge in [-0.25, -0.2) is 14.4 Å². The molecule has 14 heteroatoms. The van der Waals surface area contributed by atoms with Crippen molar-refractivity contribution in [3.63, 3.8) is 0 Å². The number of ether oxygens (including phenoxy) is 1. The van der Waals surface area contributed by atoms with Gasteiger partial charge in [0.2, 0.25) is 5.95 Å². The molecule has 7 rings (SSSR count). The van der Waals surface area contributed by atoms with E-state index in [1.165, 1.54) is 16.9 Å². The molecule has 3 aliphatic rings. The first-order valence-electron chi connectivity index (χ1n) is 16.3. The summed E-state index contributed by atoms with van der Waals surface area (Å²) < 4.78 is 25.9. The van der Waals surface area contributed by atoms with Crippen molar-refractivity contribution in [1.82, 2.24) is 34.9 Å². The minimum atomic E-state index is -1.27. The Morgan fingerprint density at radius 3 is 2.58 bits per heavy atom. The van der Waals surface area contributed by atoms with Crippen molar-refractivity contribution in [1.29, 1.82) is 5.26 Å². The Balaban J connectivity index is 0.975. The maximum absolute atomic E-state index is 15.5. The Morgan fingerprint density at radius 1 is 1.06 bits per heavy atom. The van der Waals surface area contributed by atoms with Crippen LogP contribution in [0.15, 0.2) is 53.3 Å². The van der Waals surface area contributed by atoms with E-state index < -0.39 is 12.1 Å². The summed E-state index contributed by atoms with van der Waals surface area (Å²) in [6.07, 6.45) is 1.75. The number of nitriles is 1. The van der Waals surface area contributed by atoms with Gasteiger partial charge in [0.15, 0.2) is 11.6 Å². The molecule has 1 amide bonds. The highest BCUT2D eigenvalue weighted by Gasteiger charge is 2.32. The number of halogens is 1. The van der Waals surface area contributed by atoms with Crippen molar-refractivity contribution in [3.05, 3.63) is 71.6 Å². The van der Waals surface area contributed by atoms with Gasteiger partial charge in [-0.3, -0.25) is 9.69 Å². The van der Waals surface area contributed by atoms with Crippen LogP contribution in [0.5, 0.6) is 0 Å². The first kappa shape index (κ1) is 31.6. The molecule has 2 aromatic carbocycles. The summed E-state index contributed by atoms with van der Waals surface area (Å²) in [7, 11) is 0. The average Bonchev–Trinajstić information content (AvgIpc) is 3.44. The standard InChI is InChI=1S/C34H37FN10O3/c1-22-39-32(48-42-22)33(46)45-10-2-3-24(30(35)18-45)15-23-4-5-25(16-26(23)17-36)31-37-21-38-34(41-31)40-27-6-8-28(9-7-27)43-11-13-44(14-12-43)29-19-47-20-29/h4-9,16,21,24,29-30H,2-3,10-15,18-20H2,1H3,(H,37,38,40,41)/t24-,30-/m1/s1. The number of benzene rings is 2. The van der Waals surface area contributed by atoms with E-state index >= 15 is 4.39 Å². The summed E-state index contributed by atoms with van der Waals surface area (Å²) in [6, 6.07) is 16.5. The zero-order valence-corrected chi connectivity index (χ0v) is 26.8. The minimum absolute atomic E-state index is 0.0676. The second-order valence-corrected chi connectivity index (χ2v) is 12.5. The van der Waals surface area contributed by atoms with Gasteiger partial charge in [-0.05, 0) is 68.0 Å². The van der Waals surface area contributed by atoms with Gasteiger partial charge >= 0.3 is 11.8 Å². The van der Waals surface area contributed by atoms with E-state index in [2.05, 4.69) is 58.4 Å². The molecule has 13 nitrogen and oxygen atoms in total. The number of anilines is 3. The number of carbonyl (C=O) groups is 1. The molecular weight excluding hydrogens is 615 g/mol. The number of amides is 1. The lowest BCUT2D eigenvalue weighted by Gasteiger charge is -2.43. The van der Waals surface area contributed by atoms with Gasteiger partial charge in [-0.1, -0.05) is 17.3 Å². The van der Waals surface area contributed by atoms with Crippen LogP contribution >= 0.6 is 0 Å². The molecule has 48 heavy (non-hydrogen) atoms. The van der Waals surface area contributed by atoms with E-state index in [0.717, 1.165) is 50.6 Å². The van der Waals surface area contributed by atoms with Gasteiger partial charge in [-0.15, -0.1) is 0 Å². The average molecular weight is 653 g/mol.